The number of esters is 1. The molecular formula is C22H28N2O4. The molecule has 0 aliphatic heterocycles. The largest absolute Gasteiger partial charge is 0.497 e. The number of anilines is 1. The molecule has 1 fully saturated rings. The summed E-state index contributed by atoms with van der Waals surface area (Å²) in [6.45, 7) is 7.72. The van der Waals surface area contributed by atoms with Gasteiger partial charge in [-0.15, -0.1) is 0 Å². The van der Waals surface area contributed by atoms with E-state index in [4.69, 9.17) is 9.47 Å². The van der Waals surface area contributed by atoms with E-state index >= 15 is 0 Å². The molecule has 2 aromatic rings. The Morgan fingerprint density at radius 1 is 1.21 bits per heavy atom. The summed E-state index contributed by atoms with van der Waals surface area (Å²) in [6, 6.07) is 7.56. The van der Waals surface area contributed by atoms with Gasteiger partial charge in [-0.25, -0.2) is 4.79 Å². The standard InChI is InChI=1S/C22H28N2O4/c1-6-28-22(26)19-13(2)20(23-14(19)3)21(25)24(15(4)16-7-8-16)17-9-11-18(27-5)12-10-17/h9-12,15-16,23H,6-8H2,1-5H3. The molecule has 6 nitrogen and oxygen atoms in total. The SMILES string of the molecule is CCOC(=O)c1c(C)[nH]c(C(=O)N(c2ccc(OC)cc2)C(C)C2CC2)c1C. The summed E-state index contributed by atoms with van der Waals surface area (Å²) < 4.78 is 10.4. The highest BCUT2D eigenvalue weighted by atomic mass is 16.5. The van der Waals surface area contributed by atoms with Crippen LogP contribution in [0.2, 0.25) is 0 Å². The average molecular weight is 384 g/mol. The van der Waals surface area contributed by atoms with Crippen molar-refractivity contribution in [3.63, 3.8) is 0 Å². The number of ether oxygens (including phenoxy) is 2. The molecule has 0 radical (unpaired) electrons. The van der Waals surface area contributed by atoms with E-state index in [1.54, 1.807) is 27.9 Å². The zero-order valence-electron chi connectivity index (χ0n) is 17.2. The molecule has 3 rings (SSSR count). The number of rotatable bonds is 7. The van der Waals surface area contributed by atoms with Crippen LogP contribution in [0.5, 0.6) is 5.75 Å². The second kappa shape index (κ2) is 8.09. The molecule has 6 heteroatoms. The Morgan fingerprint density at radius 2 is 1.86 bits per heavy atom. The van der Waals surface area contributed by atoms with Crippen molar-refractivity contribution in [2.24, 2.45) is 5.92 Å². The summed E-state index contributed by atoms with van der Waals surface area (Å²) in [6.07, 6.45) is 2.25. The van der Waals surface area contributed by atoms with E-state index in [0.717, 1.165) is 24.3 Å². The van der Waals surface area contributed by atoms with Crippen LogP contribution in [0.3, 0.4) is 0 Å². The van der Waals surface area contributed by atoms with Crippen molar-refractivity contribution in [2.75, 3.05) is 18.6 Å². The number of H-pyrrole nitrogens is 1. The van der Waals surface area contributed by atoms with Crippen LogP contribution in [-0.2, 0) is 4.74 Å². The molecule has 1 aliphatic carbocycles. The molecule has 150 valence electrons. The molecule has 1 aromatic carbocycles. The van der Waals surface area contributed by atoms with Crippen LogP contribution in [0, 0.1) is 19.8 Å². The van der Waals surface area contributed by atoms with E-state index in [0.29, 0.717) is 35.0 Å². The van der Waals surface area contributed by atoms with Gasteiger partial charge in [0.2, 0.25) is 0 Å². The van der Waals surface area contributed by atoms with Gasteiger partial charge in [0.1, 0.15) is 11.4 Å². The first-order valence-corrected chi connectivity index (χ1v) is 9.72. The number of nitrogens with one attached hydrogen (secondary N) is 1. The summed E-state index contributed by atoms with van der Waals surface area (Å²) in [5.74, 6) is 0.693. The van der Waals surface area contributed by atoms with Crippen molar-refractivity contribution in [3.05, 3.63) is 46.8 Å². The number of benzene rings is 1. The first-order chi connectivity index (χ1) is 13.4. The van der Waals surface area contributed by atoms with E-state index in [9.17, 15) is 9.59 Å². The maximum atomic E-state index is 13.6. The number of hydrogen-bond acceptors (Lipinski definition) is 4. The van der Waals surface area contributed by atoms with Crippen LogP contribution in [0.25, 0.3) is 0 Å². The molecular weight excluding hydrogens is 356 g/mol. The average Bonchev–Trinajstić information content (AvgIpc) is 3.48. The van der Waals surface area contributed by atoms with E-state index in [-0.39, 0.29) is 11.9 Å². The van der Waals surface area contributed by atoms with E-state index < -0.39 is 5.97 Å². The molecule has 0 saturated heterocycles. The number of aromatic nitrogens is 1. The Hall–Kier alpha value is -2.76. The minimum absolute atomic E-state index is 0.0648. The lowest BCUT2D eigenvalue weighted by Crippen LogP contribution is -2.40. The van der Waals surface area contributed by atoms with Crippen molar-refractivity contribution < 1.29 is 19.1 Å². The smallest absolute Gasteiger partial charge is 0.340 e. The van der Waals surface area contributed by atoms with Crippen LogP contribution in [0.15, 0.2) is 24.3 Å². The van der Waals surface area contributed by atoms with E-state index in [1.807, 2.05) is 29.2 Å². The third-order valence-electron chi connectivity index (χ3n) is 5.41. The van der Waals surface area contributed by atoms with E-state index in [2.05, 4.69) is 11.9 Å². The zero-order valence-corrected chi connectivity index (χ0v) is 17.2. The van der Waals surface area contributed by atoms with Gasteiger partial charge >= 0.3 is 5.97 Å². The predicted molar refractivity (Wildman–Crippen MR) is 108 cm³/mol. The van der Waals surface area contributed by atoms with Gasteiger partial charge in [0.25, 0.3) is 5.91 Å². The minimum atomic E-state index is -0.404. The van der Waals surface area contributed by atoms with Crippen LogP contribution in [-0.4, -0.2) is 36.6 Å². The van der Waals surface area contributed by atoms with Gasteiger partial charge in [0, 0.05) is 17.4 Å². The summed E-state index contributed by atoms with van der Waals surface area (Å²) in [7, 11) is 1.62. The van der Waals surface area contributed by atoms with Crippen molar-refractivity contribution in [3.8, 4) is 5.75 Å². The third kappa shape index (κ3) is 3.77. The highest BCUT2D eigenvalue weighted by Crippen LogP contribution is 2.38. The molecule has 0 bridgehead atoms. The van der Waals surface area contributed by atoms with Crippen molar-refractivity contribution in [1.82, 2.24) is 4.98 Å². The molecule has 0 spiro atoms. The number of aromatic amines is 1. The Bertz CT molecular complexity index is 865. The van der Waals surface area contributed by atoms with Gasteiger partial charge in [-0.3, -0.25) is 4.79 Å². The maximum Gasteiger partial charge on any atom is 0.340 e. The number of carbonyl (C=O) groups is 2. The molecule has 1 saturated carbocycles. The number of carbonyl (C=O) groups excluding carboxylic acids is 2. The third-order valence-corrected chi connectivity index (χ3v) is 5.41. The van der Waals surface area contributed by atoms with Gasteiger partial charge < -0.3 is 19.4 Å². The lowest BCUT2D eigenvalue weighted by atomic mass is 10.1. The molecule has 1 aromatic heterocycles. The van der Waals surface area contributed by atoms with Crippen molar-refractivity contribution in [1.29, 1.82) is 0 Å². The summed E-state index contributed by atoms with van der Waals surface area (Å²) in [4.78, 5) is 30.8. The Morgan fingerprint density at radius 3 is 2.39 bits per heavy atom. The molecule has 1 N–H and O–H groups in total. The van der Waals surface area contributed by atoms with Crippen molar-refractivity contribution >= 4 is 17.6 Å². The molecule has 28 heavy (non-hydrogen) atoms. The van der Waals surface area contributed by atoms with Crippen LogP contribution in [0.1, 0.15) is 58.8 Å². The molecule has 1 amide bonds. The first kappa shape index (κ1) is 20.0. The van der Waals surface area contributed by atoms with Crippen LogP contribution >= 0.6 is 0 Å². The monoisotopic (exact) mass is 384 g/mol. The Labute approximate surface area is 165 Å². The number of methoxy groups -OCH3 is 1. The first-order valence-electron chi connectivity index (χ1n) is 9.72. The topological polar surface area (TPSA) is 71.6 Å². The van der Waals surface area contributed by atoms with Gasteiger partial charge in [-0.1, -0.05) is 0 Å². The number of amides is 1. The molecule has 1 heterocycles. The zero-order chi connectivity index (χ0) is 20.4. The highest BCUT2D eigenvalue weighted by molar-refractivity contribution is 6.08. The molecule has 1 atom stereocenters. The number of nitrogens with zero attached hydrogens (tertiary/aromatic N) is 1. The second-order valence-electron chi connectivity index (χ2n) is 7.30. The Kier molecular flexibility index (Phi) is 5.77. The van der Waals surface area contributed by atoms with Gasteiger partial charge in [-0.05, 0) is 76.3 Å². The van der Waals surface area contributed by atoms with Crippen LogP contribution in [0.4, 0.5) is 5.69 Å². The second-order valence-corrected chi connectivity index (χ2v) is 7.30. The lowest BCUT2D eigenvalue weighted by Gasteiger charge is -2.29. The fourth-order valence-corrected chi connectivity index (χ4v) is 3.66. The quantitative estimate of drug-likeness (QED) is 0.724. The number of hydrogen-bond donors (Lipinski definition) is 1. The van der Waals surface area contributed by atoms with Crippen LogP contribution < -0.4 is 9.64 Å². The minimum Gasteiger partial charge on any atom is -0.497 e. The summed E-state index contributed by atoms with van der Waals surface area (Å²) in [5.41, 5.74) is 2.97. The predicted octanol–water partition coefficient (Wildman–Crippen LogP) is 4.26. The maximum absolute atomic E-state index is 13.6. The van der Waals surface area contributed by atoms with Gasteiger partial charge in [0.15, 0.2) is 0 Å². The molecule has 1 aliphatic rings. The number of aryl methyl sites for hydroxylation is 1. The summed E-state index contributed by atoms with van der Waals surface area (Å²) in [5, 5.41) is 0. The van der Waals surface area contributed by atoms with Crippen molar-refractivity contribution in [2.45, 2.75) is 46.6 Å². The highest BCUT2D eigenvalue weighted by Gasteiger charge is 2.37. The lowest BCUT2D eigenvalue weighted by molar-refractivity contribution is 0.0525. The fourth-order valence-electron chi connectivity index (χ4n) is 3.66. The summed E-state index contributed by atoms with van der Waals surface area (Å²) >= 11 is 0. The normalized spacial score (nSPS) is 14.5. The van der Waals surface area contributed by atoms with E-state index in [1.165, 1.54) is 0 Å². The van der Waals surface area contributed by atoms with Gasteiger partial charge in [0.05, 0.1) is 19.3 Å². The molecule has 1 unspecified atom stereocenters. The van der Waals surface area contributed by atoms with Gasteiger partial charge in [-0.2, -0.15) is 0 Å². The Balaban J connectivity index is 1.99. The fraction of sp³-hybridized carbons (Fsp3) is 0.455.